The van der Waals surface area contributed by atoms with E-state index in [0.29, 0.717) is 0 Å². The van der Waals surface area contributed by atoms with Crippen molar-refractivity contribution in [2.24, 2.45) is 0 Å². The second-order valence-electron chi connectivity index (χ2n) is 2.89. The van der Waals surface area contributed by atoms with Crippen LogP contribution in [0.4, 0.5) is 0 Å². The van der Waals surface area contributed by atoms with E-state index in [4.69, 9.17) is 4.74 Å². The summed E-state index contributed by atoms with van der Waals surface area (Å²) >= 11 is 0. The van der Waals surface area contributed by atoms with Crippen LogP contribution in [0, 0.1) is 0 Å². The van der Waals surface area contributed by atoms with Gasteiger partial charge in [0.2, 0.25) is 0 Å². The molecule has 0 fully saturated rings. The predicted octanol–water partition coefficient (Wildman–Crippen LogP) is 1.25. The summed E-state index contributed by atoms with van der Waals surface area (Å²) in [4.78, 5) is 0. The predicted molar refractivity (Wildman–Crippen MR) is 56.5 cm³/mol. The molecule has 0 saturated heterocycles. The Labute approximate surface area is 80.9 Å². The van der Waals surface area contributed by atoms with Crippen LogP contribution in [-0.4, -0.2) is 27.2 Å². The summed E-state index contributed by atoms with van der Waals surface area (Å²) in [6.07, 6.45) is 1.66. The van der Waals surface area contributed by atoms with Crippen LogP contribution in [0.15, 0.2) is 24.7 Å². The standard InChI is InChI=1S/C10H20N2O/c1-9(5-7-11-3)13-10(2)6-8-12-4/h11-12H,1-2,5-8H2,3-4H3. The van der Waals surface area contributed by atoms with Crippen LogP contribution in [0.3, 0.4) is 0 Å². The highest BCUT2D eigenvalue weighted by atomic mass is 16.5. The molecule has 0 aliphatic carbocycles. The Hall–Kier alpha value is -0.800. The Morgan fingerprint density at radius 1 is 1.00 bits per heavy atom. The minimum atomic E-state index is 0.774. The minimum absolute atomic E-state index is 0.774. The van der Waals surface area contributed by atoms with E-state index in [9.17, 15) is 0 Å². The lowest BCUT2D eigenvalue weighted by Crippen LogP contribution is -2.11. The van der Waals surface area contributed by atoms with Crippen LogP contribution in [0.5, 0.6) is 0 Å². The molecule has 3 nitrogen and oxygen atoms in total. The summed E-state index contributed by atoms with van der Waals surface area (Å²) < 4.78 is 5.39. The van der Waals surface area contributed by atoms with Crippen LogP contribution in [-0.2, 0) is 4.74 Å². The smallest absolute Gasteiger partial charge is 0.0976 e. The summed E-state index contributed by atoms with van der Waals surface area (Å²) in [6, 6.07) is 0. The molecule has 0 aliphatic rings. The Kier molecular flexibility index (Phi) is 7.35. The van der Waals surface area contributed by atoms with Gasteiger partial charge in [-0.25, -0.2) is 0 Å². The fourth-order valence-electron chi connectivity index (χ4n) is 0.835. The summed E-state index contributed by atoms with van der Waals surface area (Å²) in [7, 11) is 3.81. The third-order valence-electron chi connectivity index (χ3n) is 1.60. The number of rotatable bonds is 8. The van der Waals surface area contributed by atoms with Crippen LogP contribution in [0.25, 0.3) is 0 Å². The van der Waals surface area contributed by atoms with Crippen LogP contribution in [0.2, 0.25) is 0 Å². The van der Waals surface area contributed by atoms with Crippen molar-refractivity contribution in [3.8, 4) is 0 Å². The Morgan fingerprint density at radius 3 is 1.69 bits per heavy atom. The van der Waals surface area contributed by atoms with Crippen molar-refractivity contribution >= 4 is 0 Å². The van der Waals surface area contributed by atoms with Gasteiger partial charge in [0.05, 0.1) is 11.5 Å². The Bertz CT molecular complexity index is 148. The second-order valence-corrected chi connectivity index (χ2v) is 2.89. The molecule has 3 heteroatoms. The van der Waals surface area contributed by atoms with Gasteiger partial charge >= 0.3 is 0 Å². The van der Waals surface area contributed by atoms with Gasteiger partial charge in [0, 0.05) is 25.9 Å². The van der Waals surface area contributed by atoms with Gasteiger partial charge in [-0.2, -0.15) is 0 Å². The zero-order valence-corrected chi connectivity index (χ0v) is 8.65. The molecule has 0 saturated carbocycles. The third kappa shape index (κ3) is 7.56. The highest BCUT2D eigenvalue weighted by Gasteiger charge is 1.98. The lowest BCUT2D eigenvalue weighted by Gasteiger charge is -2.10. The lowest BCUT2D eigenvalue weighted by molar-refractivity contribution is 0.280. The van der Waals surface area contributed by atoms with Gasteiger partial charge in [-0.3, -0.25) is 0 Å². The average Bonchev–Trinajstić information content (AvgIpc) is 2.11. The largest absolute Gasteiger partial charge is 0.467 e. The zero-order chi connectivity index (χ0) is 10.1. The van der Waals surface area contributed by atoms with Crippen molar-refractivity contribution in [2.45, 2.75) is 12.8 Å². The molecule has 0 rings (SSSR count). The number of hydrogen-bond acceptors (Lipinski definition) is 3. The van der Waals surface area contributed by atoms with E-state index in [1.165, 1.54) is 0 Å². The number of ether oxygens (including phenoxy) is 1. The third-order valence-corrected chi connectivity index (χ3v) is 1.60. The zero-order valence-electron chi connectivity index (χ0n) is 8.65. The molecule has 0 aromatic carbocycles. The molecule has 0 heterocycles. The molecule has 0 unspecified atom stereocenters. The first-order chi connectivity index (χ1) is 6.20. The van der Waals surface area contributed by atoms with Gasteiger partial charge < -0.3 is 15.4 Å². The van der Waals surface area contributed by atoms with Crippen LogP contribution >= 0.6 is 0 Å². The summed E-state index contributed by atoms with van der Waals surface area (Å²) in [6.45, 7) is 9.37. The molecule has 0 bridgehead atoms. The molecule has 0 aromatic heterocycles. The molecule has 0 aliphatic heterocycles. The van der Waals surface area contributed by atoms with Gasteiger partial charge in [-0.1, -0.05) is 13.2 Å². The molecule has 0 aromatic rings. The maximum absolute atomic E-state index is 5.39. The van der Waals surface area contributed by atoms with Gasteiger partial charge in [-0.05, 0) is 14.1 Å². The molecule has 0 atom stereocenters. The topological polar surface area (TPSA) is 33.3 Å². The number of hydrogen-bond donors (Lipinski definition) is 2. The normalized spacial score (nSPS) is 9.69. The van der Waals surface area contributed by atoms with Gasteiger partial charge in [0.25, 0.3) is 0 Å². The SMILES string of the molecule is C=C(CCNC)OC(=C)CCNC. The molecular weight excluding hydrogens is 164 g/mol. The summed E-state index contributed by atoms with van der Waals surface area (Å²) in [5, 5.41) is 6.06. The molecule has 0 amide bonds. The minimum Gasteiger partial charge on any atom is -0.467 e. The van der Waals surface area contributed by atoms with E-state index in [1.807, 2.05) is 14.1 Å². The first-order valence-corrected chi connectivity index (χ1v) is 4.53. The highest BCUT2D eigenvalue weighted by Crippen LogP contribution is 2.08. The van der Waals surface area contributed by atoms with Gasteiger partial charge in [0.15, 0.2) is 0 Å². The van der Waals surface area contributed by atoms with E-state index in [2.05, 4.69) is 23.8 Å². The van der Waals surface area contributed by atoms with Crippen molar-refractivity contribution in [1.29, 1.82) is 0 Å². The van der Waals surface area contributed by atoms with E-state index in [1.54, 1.807) is 0 Å². The van der Waals surface area contributed by atoms with Crippen LogP contribution < -0.4 is 10.6 Å². The van der Waals surface area contributed by atoms with E-state index in [0.717, 1.165) is 37.4 Å². The highest BCUT2D eigenvalue weighted by molar-refractivity contribution is 4.93. The monoisotopic (exact) mass is 184 g/mol. The molecule has 0 radical (unpaired) electrons. The van der Waals surface area contributed by atoms with Crippen molar-refractivity contribution in [1.82, 2.24) is 10.6 Å². The van der Waals surface area contributed by atoms with Crippen molar-refractivity contribution in [3.63, 3.8) is 0 Å². The van der Waals surface area contributed by atoms with Crippen LogP contribution in [0.1, 0.15) is 12.8 Å². The van der Waals surface area contributed by atoms with E-state index < -0.39 is 0 Å². The Balaban J connectivity index is 3.47. The fourth-order valence-corrected chi connectivity index (χ4v) is 0.835. The second kappa shape index (κ2) is 7.83. The molecule has 2 N–H and O–H groups in total. The lowest BCUT2D eigenvalue weighted by atomic mass is 10.3. The molecule has 0 spiro atoms. The summed E-state index contributed by atoms with van der Waals surface area (Å²) in [5.41, 5.74) is 0. The van der Waals surface area contributed by atoms with Gasteiger partial charge in [-0.15, -0.1) is 0 Å². The number of nitrogens with one attached hydrogen (secondary N) is 2. The maximum atomic E-state index is 5.39. The van der Waals surface area contributed by atoms with Crippen molar-refractivity contribution in [3.05, 3.63) is 24.7 Å². The average molecular weight is 184 g/mol. The molecule has 13 heavy (non-hydrogen) atoms. The molecular formula is C10H20N2O. The Morgan fingerprint density at radius 2 is 1.38 bits per heavy atom. The van der Waals surface area contributed by atoms with Crippen molar-refractivity contribution in [2.75, 3.05) is 27.2 Å². The van der Waals surface area contributed by atoms with E-state index in [-0.39, 0.29) is 0 Å². The first-order valence-electron chi connectivity index (χ1n) is 4.53. The molecule has 76 valence electrons. The maximum Gasteiger partial charge on any atom is 0.0976 e. The fraction of sp³-hybridized carbons (Fsp3) is 0.600. The van der Waals surface area contributed by atoms with Crippen molar-refractivity contribution < 1.29 is 4.74 Å². The van der Waals surface area contributed by atoms with Gasteiger partial charge in [0.1, 0.15) is 0 Å². The quantitative estimate of drug-likeness (QED) is 0.557. The van der Waals surface area contributed by atoms with E-state index >= 15 is 0 Å². The summed E-state index contributed by atoms with van der Waals surface area (Å²) in [5.74, 6) is 1.55. The first kappa shape index (κ1) is 12.2.